The molecule has 1 aromatic rings. The molecule has 2 fully saturated rings. The molecule has 0 aliphatic carbocycles. The van der Waals surface area contributed by atoms with Crippen molar-refractivity contribution in [2.24, 2.45) is 0 Å². The van der Waals surface area contributed by atoms with Gasteiger partial charge in [0.15, 0.2) is 0 Å². The lowest BCUT2D eigenvalue weighted by Gasteiger charge is -2.43. The van der Waals surface area contributed by atoms with Gasteiger partial charge in [-0.05, 0) is 19.4 Å². The number of nitrogens with zero attached hydrogens (tertiary/aromatic N) is 1. The maximum Gasteiger partial charge on any atom is 0.334 e. The van der Waals surface area contributed by atoms with E-state index < -0.39 is 56.3 Å². The molecule has 2 heterocycles. The molecule has 2 aliphatic heterocycles. The van der Waals surface area contributed by atoms with E-state index in [2.05, 4.69) is 5.32 Å². The molecule has 1 aromatic carbocycles. The van der Waals surface area contributed by atoms with Gasteiger partial charge in [-0.1, -0.05) is 30.3 Å². The number of carboxylic acids is 1. The number of carbonyl (C=O) groups excluding carboxylic acids is 2. The molecule has 3 rings (SSSR count). The zero-order valence-electron chi connectivity index (χ0n) is 14.9. The van der Waals surface area contributed by atoms with Gasteiger partial charge in [-0.3, -0.25) is 14.1 Å². The summed E-state index contributed by atoms with van der Waals surface area (Å²) in [6.07, 6.45) is 0. The molecule has 152 valence electrons. The number of carbonyl (C=O) groups is 3. The monoisotopic (exact) mass is 429 g/mol. The van der Waals surface area contributed by atoms with Crippen molar-refractivity contribution < 1.29 is 32.5 Å². The van der Waals surface area contributed by atoms with Gasteiger partial charge in [-0.25, -0.2) is 4.79 Å². The van der Waals surface area contributed by atoms with Gasteiger partial charge in [0.25, 0.3) is 0 Å². The Morgan fingerprint density at radius 1 is 1.25 bits per heavy atom. The highest BCUT2D eigenvalue weighted by Crippen LogP contribution is 2.50. The van der Waals surface area contributed by atoms with E-state index in [1.807, 2.05) is 4.72 Å². The van der Waals surface area contributed by atoms with Crippen LogP contribution in [0.5, 0.6) is 0 Å². The first-order valence-electron chi connectivity index (χ1n) is 8.25. The minimum Gasteiger partial charge on any atom is -0.480 e. The number of carboxylic acid groups (broad SMARTS) is 1. The van der Waals surface area contributed by atoms with Crippen LogP contribution in [0.25, 0.3) is 0 Å². The Morgan fingerprint density at radius 3 is 2.39 bits per heavy atom. The van der Waals surface area contributed by atoms with Gasteiger partial charge in [-0.2, -0.15) is 13.1 Å². The largest absolute Gasteiger partial charge is 0.480 e. The maximum absolute atomic E-state index is 12.7. The molecule has 0 radical (unpaired) electrons. The lowest BCUT2D eigenvalue weighted by Crippen LogP contribution is -2.71. The van der Waals surface area contributed by atoms with E-state index in [4.69, 9.17) is 4.55 Å². The van der Waals surface area contributed by atoms with Crippen LogP contribution in [0.15, 0.2) is 30.3 Å². The molecule has 2 aliphatic rings. The summed E-state index contributed by atoms with van der Waals surface area (Å²) in [4.78, 5) is 37.9. The molecular formula is C16H19N3O7S2. The van der Waals surface area contributed by atoms with Gasteiger partial charge in [0, 0.05) is 4.75 Å². The fourth-order valence-electron chi connectivity index (χ4n) is 3.45. The van der Waals surface area contributed by atoms with Crippen LogP contribution in [0.3, 0.4) is 0 Å². The summed E-state index contributed by atoms with van der Waals surface area (Å²) in [7, 11) is -4.70. The molecular weight excluding hydrogens is 410 g/mol. The Hall–Kier alpha value is -2.15. The topological polar surface area (TPSA) is 153 Å². The molecule has 10 nitrogen and oxygen atoms in total. The summed E-state index contributed by atoms with van der Waals surface area (Å²) in [5.41, 5.74) is 0.268. The van der Waals surface area contributed by atoms with Gasteiger partial charge >= 0.3 is 16.3 Å². The van der Waals surface area contributed by atoms with Crippen molar-refractivity contribution >= 4 is 39.8 Å². The van der Waals surface area contributed by atoms with Crippen molar-refractivity contribution in [3.8, 4) is 0 Å². The Morgan fingerprint density at radius 2 is 1.86 bits per heavy atom. The summed E-state index contributed by atoms with van der Waals surface area (Å²) in [6.45, 7) is 3.40. The van der Waals surface area contributed by atoms with E-state index in [1.165, 1.54) is 28.8 Å². The lowest BCUT2D eigenvalue weighted by atomic mass is 9.95. The molecule has 12 heteroatoms. The predicted octanol–water partition coefficient (Wildman–Crippen LogP) is -0.248. The van der Waals surface area contributed by atoms with Gasteiger partial charge in [-0.15, -0.1) is 11.8 Å². The van der Waals surface area contributed by atoms with Crippen molar-refractivity contribution in [3.63, 3.8) is 0 Å². The van der Waals surface area contributed by atoms with Crippen LogP contribution in [0, 0.1) is 0 Å². The number of β-lactam (4-membered cyclic amide) rings is 1. The number of nitrogens with one attached hydrogen (secondary N) is 2. The van der Waals surface area contributed by atoms with Crippen LogP contribution in [0.4, 0.5) is 0 Å². The molecule has 4 atom stereocenters. The quantitative estimate of drug-likeness (QED) is 0.357. The third-order valence-corrected chi connectivity index (χ3v) is 6.74. The Balaban J connectivity index is 1.80. The van der Waals surface area contributed by atoms with Crippen LogP contribution < -0.4 is 10.0 Å². The van der Waals surface area contributed by atoms with Crippen LogP contribution in [-0.2, 0) is 24.7 Å². The molecule has 2 amide bonds. The first-order valence-corrected chi connectivity index (χ1v) is 10.6. The molecule has 0 saturated carbocycles. The molecule has 0 bridgehead atoms. The van der Waals surface area contributed by atoms with E-state index in [0.717, 1.165) is 0 Å². The number of hydrogen-bond acceptors (Lipinski definition) is 6. The van der Waals surface area contributed by atoms with Gasteiger partial charge < -0.3 is 15.3 Å². The molecule has 0 aromatic heterocycles. The number of benzene rings is 1. The smallest absolute Gasteiger partial charge is 0.334 e. The first kappa shape index (κ1) is 20.6. The zero-order valence-corrected chi connectivity index (χ0v) is 16.5. The summed E-state index contributed by atoms with van der Waals surface area (Å²) >= 11 is 1.25. The molecule has 2 saturated heterocycles. The van der Waals surface area contributed by atoms with Crippen molar-refractivity contribution in [2.45, 2.75) is 42.1 Å². The van der Waals surface area contributed by atoms with Crippen LogP contribution in [-0.4, -0.2) is 63.0 Å². The summed E-state index contributed by atoms with van der Waals surface area (Å²) in [5.74, 6) is -2.52. The average Bonchev–Trinajstić information content (AvgIpc) is 2.85. The second-order valence-electron chi connectivity index (χ2n) is 7.02. The van der Waals surface area contributed by atoms with Crippen molar-refractivity contribution in [1.29, 1.82) is 0 Å². The number of hydrogen-bond donors (Lipinski definition) is 4. The summed E-state index contributed by atoms with van der Waals surface area (Å²) in [6, 6.07) is 4.36. The third-order valence-electron chi connectivity index (χ3n) is 4.63. The second kappa shape index (κ2) is 7.03. The molecule has 1 unspecified atom stereocenters. The normalized spacial score (nSPS) is 26.9. The summed E-state index contributed by atoms with van der Waals surface area (Å²) < 4.78 is 32.7. The number of thioether (sulfide) groups is 1. The number of rotatable bonds is 6. The molecule has 28 heavy (non-hydrogen) atoms. The van der Waals surface area contributed by atoms with Gasteiger partial charge in [0.1, 0.15) is 23.5 Å². The van der Waals surface area contributed by atoms with Crippen molar-refractivity contribution in [1.82, 2.24) is 14.9 Å². The van der Waals surface area contributed by atoms with Crippen molar-refractivity contribution in [2.75, 3.05) is 0 Å². The maximum atomic E-state index is 12.7. The highest BCUT2D eigenvalue weighted by atomic mass is 32.2. The van der Waals surface area contributed by atoms with E-state index in [1.54, 1.807) is 32.0 Å². The fourth-order valence-corrected chi connectivity index (χ4v) is 5.62. The van der Waals surface area contributed by atoms with Gasteiger partial charge in [0.05, 0.1) is 0 Å². The van der Waals surface area contributed by atoms with Gasteiger partial charge in [0.2, 0.25) is 11.8 Å². The average molecular weight is 429 g/mol. The van der Waals surface area contributed by atoms with Crippen LogP contribution in [0.2, 0.25) is 0 Å². The highest BCUT2D eigenvalue weighted by Gasteiger charge is 2.64. The first-order chi connectivity index (χ1) is 12.9. The van der Waals surface area contributed by atoms with E-state index in [9.17, 15) is 27.9 Å². The second-order valence-corrected chi connectivity index (χ2v) is 9.98. The van der Waals surface area contributed by atoms with E-state index in [0.29, 0.717) is 0 Å². The minimum absolute atomic E-state index is 0.268. The Bertz CT molecular complexity index is 919. The predicted molar refractivity (Wildman–Crippen MR) is 99.5 cm³/mol. The zero-order chi connectivity index (χ0) is 20.9. The standard InChI is InChI=1S/C16H19N3O7S2/c1-16(2)11(15(22)23)19-13(21)10(14(19)27-16)17-12(20)9(18-28(24,25)26)8-6-4-3-5-7-8/h3-7,9-11,14,18H,1-2H3,(H,17,20)(H,22,23)(H,24,25,26)/t9?,10-,11-,14-/m1/s1. The highest BCUT2D eigenvalue weighted by molar-refractivity contribution is 8.01. The molecule has 0 spiro atoms. The minimum atomic E-state index is -4.70. The van der Waals surface area contributed by atoms with Crippen LogP contribution in [0.1, 0.15) is 25.5 Å². The third kappa shape index (κ3) is 3.72. The SMILES string of the molecule is CC1(C)S[C@@H]2[C@H](NC(=O)C(NS(=O)(=O)O)c3ccccc3)C(=O)N2[C@@H]1C(=O)O. The lowest BCUT2D eigenvalue weighted by molar-refractivity contribution is -0.161. The molecule has 4 N–H and O–H groups in total. The van der Waals surface area contributed by atoms with Crippen molar-refractivity contribution in [3.05, 3.63) is 35.9 Å². The fraction of sp³-hybridized carbons (Fsp3) is 0.438. The van der Waals surface area contributed by atoms with E-state index in [-0.39, 0.29) is 5.56 Å². The number of fused-ring (bicyclic) bond motifs is 1. The number of amides is 2. The van der Waals surface area contributed by atoms with Crippen LogP contribution >= 0.6 is 11.8 Å². The number of aliphatic carboxylic acids is 1. The summed E-state index contributed by atoms with van der Waals surface area (Å²) in [5, 5.41) is 11.3. The Kier molecular flexibility index (Phi) is 5.17. The Labute approximate surface area is 165 Å². The van der Waals surface area contributed by atoms with E-state index >= 15 is 0 Å².